The number of aryl methyl sites for hydroxylation is 1. The van der Waals surface area contributed by atoms with E-state index in [1.807, 2.05) is 6.07 Å². The Morgan fingerprint density at radius 2 is 2.21 bits per heavy atom. The molecule has 14 heavy (non-hydrogen) atoms. The number of hydrogen-bond donors (Lipinski definition) is 1. The zero-order valence-corrected chi connectivity index (χ0v) is 10.2. The number of halogens is 2. The van der Waals surface area contributed by atoms with Crippen molar-refractivity contribution in [2.24, 2.45) is 5.92 Å². The van der Waals surface area contributed by atoms with Crippen molar-refractivity contribution >= 4 is 27.5 Å². The second kappa shape index (κ2) is 4.65. The van der Waals surface area contributed by atoms with Crippen LogP contribution in [0.25, 0.3) is 0 Å². The SMILES string of the molecule is Clc1ccc(CCC2CNC2)cc1Br. The molecule has 0 radical (unpaired) electrons. The summed E-state index contributed by atoms with van der Waals surface area (Å²) < 4.78 is 1.00. The van der Waals surface area contributed by atoms with Gasteiger partial charge in [-0.3, -0.25) is 0 Å². The fourth-order valence-corrected chi connectivity index (χ4v) is 2.16. The van der Waals surface area contributed by atoms with Crippen molar-refractivity contribution in [3.8, 4) is 0 Å². The number of hydrogen-bond acceptors (Lipinski definition) is 1. The van der Waals surface area contributed by atoms with Crippen LogP contribution in [0.15, 0.2) is 22.7 Å². The molecule has 0 spiro atoms. The summed E-state index contributed by atoms with van der Waals surface area (Å²) in [6.45, 7) is 2.38. The summed E-state index contributed by atoms with van der Waals surface area (Å²) in [5, 5.41) is 4.08. The molecule has 0 aliphatic carbocycles. The van der Waals surface area contributed by atoms with Crippen molar-refractivity contribution in [1.82, 2.24) is 5.32 Å². The topological polar surface area (TPSA) is 12.0 Å². The molecular formula is C11H13BrClN. The van der Waals surface area contributed by atoms with Gasteiger partial charge in [0.2, 0.25) is 0 Å². The number of nitrogens with one attached hydrogen (secondary N) is 1. The molecule has 1 N–H and O–H groups in total. The maximum absolute atomic E-state index is 5.92. The van der Waals surface area contributed by atoms with E-state index in [1.54, 1.807) is 0 Å². The average molecular weight is 275 g/mol. The maximum atomic E-state index is 5.92. The van der Waals surface area contributed by atoms with Gasteiger partial charge in [-0.25, -0.2) is 0 Å². The molecule has 0 amide bonds. The van der Waals surface area contributed by atoms with Gasteiger partial charge in [-0.15, -0.1) is 0 Å². The Morgan fingerprint density at radius 1 is 1.43 bits per heavy atom. The predicted octanol–water partition coefficient (Wildman–Crippen LogP) is 3.25. The summed E-state index contributed by atoms with van der Waals surface area (Å²) >= 11 is 9.36. The summed E-state index contributed by atoms with van der Waals surface area (Å²) in [7, 11) is 0. The van der Waals surface area contributed by atoms with Crippen molar-refractivity contribution < 1.29 is 0 Å². The van der Waals surface area contributed by atoms with Gasteiger partial charge in [0.15, 0.2) is 0 Å². The van der Waals surface area contributed by atoms with Crippen molar-refractivity contribution in [3.63, 3.8) is 0 Å². The molecule has 2 rings (SSSR count). The Hall–Kier alpha value is -0.0500. The summed E-state index contributed by atoms with van der Waals surface area (Å²) in [6, 6.07) is 6.19. The second-order valence-corrected chi connectivity index (χ2v) is 5.07. The van der Waals surface area contributed by atoms with E-state index in [0.29, 0.717) is 0 Å². The van der Waals surface area contributed by atoms with Crippen molar-refractivity contribution in [1.29, 1.82) is 0 Å². The minimum Gasteiger partial charge on any atom is -0.316 e. The van der Waals surface area contributed by atoms with E-state index in [2.05, 4.69) is 33.4 Å². The highest BCUT2D eigenvalue weighted by molar-refractivity contribution is 9.10. The lowest BCUT2D eigenvalue weighted by Crippen LogP contribution is -2.42. The molecule has 0 unspecified atom stereocenters. The molecule has 0 aromatic heterocycles. The zero-order chi connectivity index (χ0) is 9.97. The highest BCUT2D eigenvalue weighted by atomic mass is 79.9. The largest absolute Gasteiger partial charge is 0.316 e. The average Bonchev–Trinajstić information content (AvgIpc) is 2.08. The summed E-state index contributed by atoms with van der Waals surface area (Å²) in [5.41, 5.74) is 1.37. The van der Waals surface area contributed by atoms with Crippen molar-refractivity contribution in [3.05, 3.63) is 33.3 Å². The molecule has 0 atom stereocenters. The number of rotatable bonds is 3. The normalized spacial score (nSPS) is 16.7. The first-order valence-corrected chi connectivity index (χ1v) is 6.07. The van der Waals surface area contributed by atoms with Crippen LogP contribution in [0.1, 0.15) is 12.0 Å². The van der Waals surface area contributed by atoms with E-state index in [4.69, 9.17) is 11.6 Å². The maximum Gasteiger partial charge on any atom is 0.0548 e. The third-order valence-corrected chi connectivity index (χ3v) is 3.91. The van der Waals surface area contributed by atoms with E-state index in [9.17, 15) is 0 Å². The fraction of sp³-hybridized carbons (Fsp3) is 0.455. The molecule has 1 aromatic rings. The predicted molar refractivity (Wildman–Crippen MR) is 63.8 cm³/mol. The molecule has 1 aromatic carbocycles. The van der Waals surface area contributed by atoms with Crippen LogP contribution in [0.4, 0.5) is 0 Å². The molecular weight excluding hydrogens is 261 g/mol. The Labute approximate surface area is 98.0 Å². The van der Waals surface area contributed by atoms with Crippen LogP contribution >= 0.6 is 27.5 Å². The molecule has 1 saturated heterocycles. The molecule has 1 nitrogen and oxygen atoms in total. The highest BCUT2D eigenvalue weighted by Crippen LogP contribution is 2.24. The summed E-state index contributed by atoms with van der Waals surface area (Å²) in [4.78, 5) is 0. The van der Waals surface area contributed by atoms with E-state index >= 15 is 0 Å². The van der Waals surface area contributed by atoms with Crippen molar-refractivity contribution in [2.45, 2.75) is 12.8 Å². The van der Waals surface area contributed by atoms with Crippen LogP contribution in [-0.4, -0.2) is 13.1 Å². The lowest BCUT2D eigenvalue weighted by atomic mass is 9.95. The first-order chi connectivity index (χ1) is 6.75. The standard InChI is InChI=1S/C11H13BrClN/c12-10-5-8(3-4-11(10)13)1-2-9-6-14-7-9/h3-5,9,14H,1-2,6-7H2. The molecule has 0 bridgehead atoms. The third-order valence-electron chi connectivity index (χ3n) is 2.69. The van der Waals surface area contributed by atoms with Gasteiger partial charge in [-0.1, -0.05) is 17.7 Å². The lowest BCUT2D eigenvalue weighted by Gasteiger charge is -2.26. The third kappa shape index (κ3) is 2.50. The van der Waals surface area contributed by atoms with E-state index in [-0.39, 0.29) is 0 Å². The lowest BCUT2D eigenvalue weighted by molar-refractivity contribution is 0.328. The first-order valence-electron chi connectivity index (χ1n) is 4.90. The molecule has 1 aliphatic heterocycles. The quantitative estimate of drug-likeness (QED) is 0.892. The van der Waals surface area contributed by atoms with Gasteiger partial charge >= 0.3 is 0 Å². The smallest absolute Gasteiger partial charge is 0.0548 e. The van der Waals surface area contributed by atoms with Crippen LogP contribution in [0.3, 0.4) is 0 Å². The minimum absolute atomic E-state index is 0.791. The molecule has 0 saturated carbocycles. The molecule has 1 heterocycles. The van der Waals surface area contributed by atoms with Gasteiger partial charge < -0.3 is 5.32 Å². The summed E-state index contributed by atoms with van der Waals surface area (Å²) in [5.74, 6) is 0.879. The van der Waals surface area contributed by atoms with Crippen molar-refractivity contribution in [2.75, 3.05) is 13.1 Å². The van der Waals surface area contributed by atoms with Crippen LogP contribution in [0.5, 0.6) is 0 Å². The molecule has 1 aliphatic rings. The van der Waals surface area contributed by atoms with Gasteiger partial charge in [0, 0.05) is 4.47 Å². The Kier molecular flexibility index (Phi) is 3.47. The monoisotopic (exact) mass is 273 g/mol. The van der Waals surface area contributed by atoms with E-state index in [1.165, 1.54) is 25.1 Å². The summed E-state index contributed by atoms with van der Waals surface area (Å²) in [6.07, 6.45) is 2.43. The second-order valence-electron chi connectivity index (χ2n) is 3.81. The molecule has 76 valence electrons. The van der Waals surface area contributed by atoms with Crippen LogP contribution in [-0.2, 0) is 6.42 Å². The van der Waals surface area contributed by atoms with E-state index < -0.39 is 0 Å². The van der Waals surface area contributed by atoms with E-state index in [0.717, 1.165) is 21.8 Å². The van der Waals surface area contributed by atoms with Crippen LogP contribution < -0.4 is 5.32 Å². The zero-order valence-electron chi connectivity index (χ0n) is 7.89. The van der Waals surface area contributed by atoms with Gasteiger partial charge in [0.05, 0.1) is 5.02 Å². The van der Waals surface area contributed by atoms with Crippen LogP contribution in [0, 0.1) is 5.92 Å². The highest BCUT2D eigenvalue weighted by Gasteiger charge is 2.15. The fourth-order valence-electron chi connectivity index (χ4n) is 1.62. The van der Waals surface area contributed by atoms with Gasteiger partial charge in [0.1, 0.15) is 0 Å². The van der Waals surface area contributed by atoms with Gasteiger partial charge in [-0.2, -0.15) is 0 Å². The van der Waals surface area contributed by atoms with Crippen LogP contribution in [0.2, 0.25) is 5.02 Å². The van der Waals surface area contributed by atoms with Gasteiger partial charge in [-0.05, 0) is 65.5 Å². The Bertz CT molecular complexity index is 323. The Balaban J connectivity index is 1.91. The molecule has 3 heteroatoms. The van der Waals surface area contributed by atoms with Gasteiger partial charge in [0.25, 0.3) is 0 Å². The first kappa shape index (κ1) is 10.5. The molecule has 1 fully saturated rings. The number of benzene rings is 1. The minimum atomic E-state index is 0.791. The Morgan fingerprint density at radius 3 is 2.79 bits per heavy atom.